The third-order valence-corrected chi connectivity index (χ3v) is 6.41. The highest BCUT2D eigenvalue weighted by Crippen LogP contribution is 2.33. The predicted octanol–water partition coefficient (Wildman–Crippen LogP) is 2.93. The lowest BCUT2D eigenvalue weighted by Gasteiger charge is -2.18. The summed E-state index contributed by atoms with van der Waals surface area (Å²) < 4.78 is 20.6. The van der Waals surface area contributed by atoms with E-state index in [4.69, 9.17) is 22.1 Å². The van der Waals surface area contributed by atoms with Gasteiger partial charge < -0.3 is 5.73 Å². The molecule has 1 aliphatic rings. The van der Waals surface area contributed by atoms with E-state index in [0.717, 1.165) is 11.1 Å². The topological polar surface area (TPSA) is 113 Å². The SMILES string of the molecule is CCCS(=N)(=O)c1nc(N)c2c(n1)N(Cc1ccc(C)c(Cl)c1)C(=O)C2. The largest absolute Gasteiger partial charge is 0.383 e. The lowest BCUT2D eigenvalue weighted by atomic mass is 10.1. The molecule has 0 radical (unpaired) electrons. The summed E-state index contributed by atoms with van der Waals surface area (Å²) in [6.07, 6.45) is 0.654. The minimum Gasteiger partial charge on any atom is -0.383 e. The van der Waals surface area contributed by atoms with Gasteiger partial charge in [-0.1, -0.05) is 30.7 Å². The summed E-state index contributed by atoms with van der Waals surface area (Å²) in [6.45, 7) is 4.01. The van der Waals surface area contributed by atoms with Crippen LogP contribution in [0, 0.1) is 11.7 Å². The van der Waals surface area contributed by atoms with Crippen LogP contribution in [0.4, 0.5) is 11.6 Å². The highest BCUT2D eigenvalue weighted by atomic mass is 35.5. The normalized spacial score (nSPS) is 15.8. The van der Waals surface area contributed by atoms with Crippen LogP contribution in [-0.4, -0.2) is 25.8 Å². The number of fused-ring (bicyclic) bond motifs is 1. The first-order chi connectivity index (χ1) is 12.2. The second-order valence-electron chi connectivity index (χ2n) is 6.31. The molecule has 1 atom stereocenters. The van der Waals surface area contributed by atoms with Gasteiger partial charge in [-0.25, -0.2) is 19.0 Å². The lowest BCUT2D eigenvalue weighted by molar-refractivity contribution is -0.117. The van der Waals surface area contributed by atoms with Crippen molar-refractivity contribution in [2.24, 2.45) is 0 Å². The molecule has 0 spiro atoms. The molecule has 1 amide bonds. The number of carbonyl (C=O) groups is 1. The summed E-state index contributed by atoms with van der Waals surface area (Å²) in [4.78, 5) is 22.3. The highest BCUT2D eigenvalue weighted by Gasteiger charge is 2.33. The Morgan fingerprint density at radius 2 is 2.12 bits per heavy atom. The first-order valence-electron chi connectivity index (χ1n) is 8.21. The molecule has 1 unspecified atom stereocenters. The first kappa shape index (κ1) is 18.6. The average Bonchev–Trinajstić information content (AvgIpc) is 2.88. The standard InChI is InChI=1S/C17H20ClN5O2S/c1-3-6-26(20,25)17-21-15(19)12-8-14(24)23(16(12)22-17)9-11-5-4-10(2)13(18)7-11/h4-5,7,20H,3,6,8-9H2,1-2H3,(H2,19,21,22). The Bertz CT molecular complexity index is 991. The molecule has 0 bridgehead atoms. The van der Waals surface area contributed by atoms with Crippen molar-refractivity contribution in [3.05, 3.63) is 39.9 Å². The summed E-state index contributed by atoms with van der Waals surface area (Å²) in [6, 6.07) is 5.58. The average molecular weight is 394 g/mol. The van der Waals surface area contributed by atoms with E-state index in [1.54, 1.807) is 6.07 Å². The van der Waals surface area contributed by atoms with Crippen LogP contribution in [0.15, 0.2) is 23.4 Å². The molecular formula is C17H20ClN5O2S. The molecule has 0 aliphatic carbocycles. The van der Waals surface area contributed by atoms with E-state index in [-0.39, 0.29) is 35.6 Å². The number of rotatable bonds is 5. The Labute approximate surface area is 157 Å². The van der Waals surface area contributed by atoms with E-state index < -0.39 is 9.73 Å². The quantitative estimate of drug-likeness (QED) is 0.758. The third-order valence-electron chi connectivity index (χ3n) is 4.24. The number of halogens is 1. The summed E-state index contributed by atoms with van der Waals surface area (Å²) in [5.74, 6) is 0.429. The molecule has 2 heterocycles. The number of amides is 1. The van der Waals surface area contributed by atoms with Crippen molar-refractivity contribution in [1.82, 2.24) is 9.97 Å². The number of nitrogens with two attached hydrogens (primary N) is 1. The van der Waals surface area contributed by atoms with Crippen LogP contribution in [0.2, 0.25) is 5.02 Å². The van der Waals surface area contributed by atoms with Crippen molar-refractivity contribution in [1.29, 1.82) is 4.78 Å². The summed E-state index contributed by atoms with van der Waals surface area (Å²) in [5.41, 5.74) is 8.28. The fourth-order valence-corrected chi connectivity index (χ4v) is 4.27. The molecule has 0 saturated carbocycles. The minimum atomic E-state index is -3.14. The minimum absolute atomic E-state index is 0.0913. The van der Waals surface area contributed by atoms with Gasteiger partial charge in [-0.2, -0.15) is 0 Å². The van der Waals surface area contributed by atoms with Crippen LogP contribution in [0.1, 0.15) is 30.0 Å². The van der Waals surface area contributed by atoms with Crippen molar-refractivity contribution in [2.75, 3.05) is 16.4 Å². The highest BCUT2D eigenvalue weighted by molar-refractivity contribution is 7.92. The maximum atomic E-state index is 12.5. The molecule has 2 aromatic rings. The number of hydrogen-bond donors (Lipinski definition) is 2. The van der Waals surface area contributed by atoms with Gasteiger partial charge in [0, 0.05) is 16.3 Å². The smallest absolute Gasteiger partial charge is 0.233 e. The van der Waals surface area contributed by atoms with Gasteiger partial charge in [0.25, 0.3) is 0 Å². The summed E-state index contributed by atoms with van der Waals surface area (Å²) >= 11 is 6.17. The second-order valence-corrected chi connectivity index (χ2v) is 8.84. The summed E-state index contributed by atoms with van der Waals surface area (Å²) in [7, 11) is -3.14. The molecule has 9 heteroatoms. The second kappa shape index (κ2) is 6.85. The van der Waals surface area contributed by atoms with E-state index in [0.29, 0.717) is 22.8 Å². The van der Waals surface area contributed by atoms with Gasteiger partial charge in [0.05, 0.1) is 13.0 Å². The Balaban J connectivity index is 2.02. The monoisotopic (exact) mass is 393 g/mol. The maximum absolute atomic E-state index is 12.5. The van der Waals surface area contributed by atoms with Crippen molar-refractivity contribution in [3.8, 4) is 0 Å². The molecule has 0 saturated heterocycles. The molecular weight excluding hydrogens is 374 g/mol. The number of nitrogens with one attached hydrogen (secondary N) is 1. The van der Waals surface area contributed by atoms with E-state index in [1.807, 2.05) is 26.0 Å². The number of nitrogen functional groups attached to an aromatic ring is 1. The Kier molecular flexibility index (Phi) is 4.90. The lowest BCUT2D eigenvalue weighted by Crippen LogP contribution is -2.27. The number of nitrogens with zero attached hydrogens (tertiary/aromatic N) is 3. The van der Waals surface area contributed by atoms with E-state index in [2.05, 4.69) is 9.97 Å². The zero-order chi connectivity index (χ0) is 19.1. The van der Waals surface area contributed by atoms with Crippen molar-refractivity contribution in [3.63, 3.8) is 0 Å². The maximum Gasteiger partial charge on any atom is 0.233 e. The Hall–Kier alpha value is -2.19. The van der Waals surface area contributed by atoms with Crippen LogP contribution in [0.5, 0.6) is 0 Å². The number of carbonyl (C=O) groups excluding carboxylic acids is 1. The molecule has 3 N–H and O–H groups in total. The van der Waals surface area contributed by atoms with E-state index in [9.17, 15) is 9.00 Å². The fourth-order valence-electron chi connectivity index (χ4n) is 2.83. The number of hydrogen-bond acceptors (Lipinski definition) is 6. The van der Waals surface area contributed by atoms with Gasteiger partial charge in [-0.15, -0.1) is 0 Å². The molecule has 26 heavy (non-hydrogen) atoms. The number of aryl methyl sites for hydroxylation is 1. The van der Waals surface area contributed by atoms with Crippen LogP contribution in [-0.2, 0) is 27.5 Å². The molecule has 1 aliphatic heterocycles. The van der Waals surface area contributed by atoms with Gasteiger partial charge in [0.15, 0.2) is 0 Å². The zero-order valence-electron chi connectivity index (χ0n) is 14.6. The van der Waals surface area contributed by atoms with Crippen LogP contribution in [0.25, 0.3) is 0 Å². The van der Waals surface area contributed by atoms with Gasteiger partial charge in [0.1, 0.15) is 21.4 Å². The van der Waals surface area contributed by atoms with Gasteiger partial charge in [-0.05, 0) is 30.5 Å². The number of benzene rings is 1. The van der Waals surface area contributed by atoms with Gasteiger partial charge in [0.2, 0.25) is 11.1 Å². The van der Waals surface area contributed by atoms with Crippen LogP contribution in [0.3, 0.4) is 0 Å². The van der Waals surface area contributed by atoms with Crippen molar-refractivity contribution < 1.29 is 9.00 Å². The molecule has 1 aromatic carbocycles. The predicted molar refractivity (Wildman–Crippen MR) is 102 cm³/mol. The fraction of sp³-hybridized carbons (Fsp3) is 0.353. The number of anilines is 2. The third kappa shape index (κ3) is 3.39. The van der Waals surface area contributed by atoms with E-state index in [1.165, 1.54) is 4.90 Å². The molecule has 0 fully saturated rings. The molecule has 7 nitrogen and oxygen atoms in total. The molecule has 138 valence electrons. The first-order valence-corrected chi connectivity index (χ1v) is 10.3. The Morgan fingerprint density at radius 3 is 2.77 bits per heavy atom. The molecule has 1 aromatic heterocycles. The van der Waals surface area contributed by atoms with Gasteiger partial charge in [-0.3, -0.25) is 9.69 Å². The Morgan fingerprint density at radius 1 is 1.38 bits per heavy atom. The van der Waals surface area contributed by atoms with Crippen molar-refractivity contribution in [2.45, 2.75) is 38.4 Å². The van der Waals surface area contributed by atoms with E-state index >= 15 is 0 Å². The van der Waals surface area contributed by atoms with Crippen LogP contribution >= 0.6 is 11.6 Å². The number of aromatic nitrogens is 2. The zero-order valence-corrected chi connectivity index (χ0v) is 16.2. The summed E-state index contributed by atoms with van der Waals surface area (Å²) in [5, 5.41) is 0.506. The van der Waals surface area contributed by atoms with Gasteiger partial charge >= 0.3 is 0 Å². The van der Waals surface area contributed by atoms with Crippen LogP contribution < -0.4 is 10.6 Å². The molecule has 3 rings (SSSR count). The van der Waals surface area contributed by atoms with Crippen molar-refractivity contribution >= 4 is 38.9 Å².